The maximum Gasteiger partial charge on any atom is 0.252 e. The lowest BCUT2D eigenvalue weighted by molar-refractivity contribution is -0.145. The van der Waals surface area contributed by atoms with Crippen LogP contribution in [0.5, 0.6) is 0 Å². The Hall–Kier alpha value is -3.04. The van der Waals surface area contributed by atoms with Crippen LogP contribution in [0.4, 0.5) is 0 Å². The molecule has 3 aliphatic rings. The first kappa shape index (κ1) is 27.5. The van der Waals surface area contributed by atoms with Gasteiger partial charge in [-0.1, -0.05) is 51.3 Å². The summed E-state index contributed by atoms with van der Waals surface area (Å²) in [4.78, 5) is 57.8. The minimum Gasteiger partial charge on any atom is -0.340 e. The highest BCUT2D eigenvalue weighted by atomic mass is 32.1. The van der Waals surface area contributed by atoms with Crippen molar-refractivity contribution in [3.63, 3.8) is 0 Å². The highest BCUT2D eigenvalue weighted by molar-refractivity contribution is 7.13. The van der Waals surface area contributed by atoms with Gasteiger partial charge in [0.05, 0.1) is 17.6 Å². The lowest BCUT2D eigenvalue weighted by atomic mass is 9.81. The van der Waals surface area contributed by atoms with Gasteiger partial charge in [-0.05, 0) is 60.7 Å². The molecule has 0 bridgehead atoms. The summed E-state index contributed by atoms with van der Waals surface area (Å²) in [5.41, 5.74) is 7.15. The summed E-state index contributed by atoms with van der Waals surface area (Å²) < 4.78 is 0. The molecule has 3 unspecified atom stereocenters. The Balaban J connectivity index is 1.29. The summed E-state index contributed by atoms with van der Waals surface area (Å²) in [7, 11) is 0. The molecule has 1 aliphatic carbocycles. The zero-order valence-electron chi connectivity index (χ0n) is 22.7. The molecule has 2 aliphatic heterocycles. The van der Waals surface area contributed by atoms with E-state index in [4.69, 9.17) is 5.73 Å². The number of nitrogens with two attached hydrogens (primary N) is 1. The maximum absolute atomic E-state index is 13.8. The summed E-state index contributed by atoms with van der Waals surface area (Å²) in [5, 5.41) is 4.91. The molecule has 8 nitrogen and oxygen atoms in total. The van der Waals surface area contributed by atoms with Gasteiger partial charge < -0.3 is 16.0 Å². The van der Waals surface area contributed by atoms with Crippen molar-refractivity contribution in [1.82, 2.24) is 15.1 Å². The number of likely N-dealkylation sites (tertiary alicyclic amines) is 2. The average Bonchev–Trinajstić information content (AvgIpc) is 3.65. The third-order valence-corrected chi connectivity index (χ3v) is 9.35. The van der Waals surface area contributed by atoms with E-state index >= 15 is 0 Å². The molecule has 39 heavy (non-hydrogen) atoms. The number of hydrogen-bond donors (Lipinski definition) is 2. The Bertz CT molecular complexity index is 1220. The van der Waals surface area contributed by atoms with Crippen LogP contribution in [-0.4, -0.2) is 63.6 Å². The third-order valence-electron chi connectivity index (χ3n) is 8.43. The van der Waals surface area contributed by atoms with Crippen LogP contribution in [0.3, 0.4) is 0 Å². The van der Waals surface area contributed by atoms with Crippen molar-refractivity contribution in [3.8, 4) is 10.4 Å². The minimum absolute atomic E-state index is 0.0881. The Kier molecular flexibility index (Phi) is 7.91. The normalized spacial score (nSPS) is 23.1. The summed E-state index contributed by atoms with van der Waals surface area (Å²) >= 11 is 1.63. The molecule has 9 heteroatoms. The van der Waals surface area contributed by atoms with E-state index < -0.39 is 11.6 Å². The number of hydrogen-bond acceptors (Lipinski definition) is 6. The quantitative estimate of drug-likeness (QED) is 0.542. The molecule has 1 aromatic carbocycles. The van der Waals surface area contributed by atoms with Crippen molar-refractivity contribution in [2.45, 2.75) is 88.9 Å². The molecule has 1 saturated carbocycles. The Labute approximate surface area is 233 Å². The molecular weight excluding hydrogens is 512 g/mol. The lowest BCUT2D eigenvalue weighted by Crippen LogP contribution is -2.58. The van der Waals surface area contributed by atoms with Crippen LogP contribution >= 0.6 is 11.3 Å². The SMILES string of the molecule is CC(C)CC(NC(=O)c1ccc(-c2cccs2)cc1)C(=O)N1C(=O)CC2C1CCN2C(=O)C1(N)CCCCC1. The van der Waals surface area contributed by atoms with Crippen molar-refractivity contribution in [2.75, 3.05) is 6.54 Å². The second-order valence-corrected chi connectivity index (χ2v) is 12.6. The van der Waals surface area contributed by atoms with E-state index in [9.17, 15) is 19.2 Å². The molecule has 0 radical (unpaired) electrons. The lowest BCUT2D eigenvalue weighted by Gasteiger charge is -2.37. The number of thiophene rings is 1. The molecule has 3 fully saturated rings. The van der Waals surface area contributed by atoms with Crippen LogP contribution in [0.2, 0.25) is 0 Å². The van der Waals surface area contributed by atoms with Gasteiger partial charge in [0, 0.05) is 23.4 Å². The Morgan fingerprint density at radius 3 is 2.44 bits per heavy atom. The summed E-state index contributed by atoms with van der Waals surface area (Å²) in [6, 6.07) is 9.76. The van der Waals surface area contributed by atoms with Crippen molar-refractivity contribution in [3.05, 3.63) is 47.3 Å². The third kappa shape index (κ3) is 5.52. The Morgan fingerprint density at radius 1 is 1.08 bits per heavy atom. The van der Waals surface area contributed by atoms with E-state index in [0.717, 1.165) is 29.7 Å². The van der Waals surface area contributed by atoms with E-state index in [-0.39, 0.29) is 48.1 Å². The monoisotopic (exact) mass is 550 g/mol. The van der Waals surface area contributed by atoms with Crippen LogP contribution in [0.1, 0.15) is 75.6 Å². The molecule has 0 spiro atoms. The fraction of sp³-hybridized carbons (Fsp3) is 0.533. The van der Waals surface area contributed by atoms with E-state index in [1.165, 1.54) is 4.90 Å². The van der Waals surface area contributed by atoms with Crippen LogP contribution in [0.25, 0.3) is 10.4 Å². The van der Waals surface area contributed by atoms with Gasteiger partial charge in [0.25, 0.3) is 11.8 Å². The molecule has 3 N–H and O–H groups in total. The van der Waals surface area contributed by atoms with E-state index in [0.29, 0.717) is 37.8 Å². The highest BCUT2D eigenvalue weighted by Gasteiger charge is 2.54. The van der Waals surface area contributed by atoms with Gasteiger partial charge in [0.15, 0.2) is 0 Å². The fourth-order valence-corrected chi connectivity index (χ4v) is 7.13. The molecule has 1 aromatic heterocycles. The molecule has 5 rings (SSSR count). The molecule has 2 saturated heterocycles. The second-order valence-electron chi connectivity index (χ2n) is 11.7. The summed E-state index contributed by atoms with van der Waals surface area (Å²) in [6.45, 7) is 4.46. The van der Waals surface area contributed by atoms with Crippen LogP contribution < -0.4 is 11.1 Å². The van der Waals surface area contributed by atoms with Crippen LogP contribution in [0.15, 0.2) is 41.8 Å². The Morgan fingerprint density at radius 2 is 1.79 bits per heavy atom. The zero-order chi connectivity index (χ0) is 27.7. The second kappa shape index (κ2) is 11.2. The van der Waals surface area contributed by atoms with Gasteiger partial charge in [0.1, 0.15) is 6.04 Å². The largest absolute Gasteiger partial charge is 0.340 e. The molecule has 4 amide bonds. The maximum atomic E-state index is 13.8. The molecule has 208 valence electrons. The van der Waals surface area contributed by atoms with E-state index in [1.54, 1.807) is 28.4 Å². The van der Waals surface area contributed by atoms with Crippen molar-refractivity contribution in [2.24, 2.45) is 11.7 Å². The number of imide groups is 1. The topological polar surface area (TPSA) is 113 Å². The number of carbonyl (C=O) groups is 4. The van der Waals surface area contributed by atoms with Gasteiger partial charge in [-0.2, -0.15) is 0 Å². The first-order chi connectivity index (χ1) is 18.7. The first-order valence-corrected chi connectivity index (χ1v) is 15.0. The number of rotatable bonds is 7. The zero-order valence-corrected chi connectivity index (χ0v) is 23.5. The van der Waals surface area contributed by atoms with Crippen LogP contribution in [0, 0.1) is 5.92 Å². The van der Waals surface area contributed by atoms with Gasteiger partial charge in [-0.3, -0.25) is 24.1 Å². The fourth-order valence-electron chi connectivity index (χ4n) is 6.40. The molecule has 2 aromatic rings. The molecule has 3 atom stereocenters. The summed E-state index contributed by atoms with van der Waals surface area (Å²) in [6.07, 6.45) is 5.33. The van der Waals surface area contributed by atoms with Gasteiger partial charge in [-0.25, -0.2) is 0 Å². The van der Waals surface area contributed by atoms with Crippen LogP contribution in [-0.2, 0) is 14.4 Å². The number of benzene rings is 1. The highest BCUT2D eigenvalue weighted by Crippen LogP contribution is 2.37. The first-order valence-electron chi connectivity index (χ1n) is 14.1. The number of nitrogens with one attached hydrogen (secondary N) is 1. The standard InChI is InChI=1S/C30H38N4O4S/c1-19(2)17-22(32-27(36)21-10-8-20(9-11-21)25-7-6-16-39-25)28(37)34-23-12-15-33(24(23)18-26(34)35)29(38)30(31)13-4-3-5-14-30/h6-11,16,19,22-24H,3-5,12-15,17-18,31H2,1-2H3,(H,32,36). The predicted octanol–water partition coefficient (Wildman–Crippen LogP) is 3.95. The van der Waals surface area contributed by atoms with E-state index in [2.05, 4.69) is 5.32 Å². The number of nitrogens with zero attached hydrogens (tertiary/aromatic N) is 2. The predicted molar refractivity (Wildman–Crippen MR) is 151 cm³/mol. The summed E-state index contributed by atoms with van der Waals surface area (Å²) in [5.74, 6) is -0.987. The smallest absolute Gasteiger partial charge is 0.252 e. The van der Waals surface area contributed by atoms with Gasteiger partial charge >= 0.3 is 0 Å². The average molecular weight is 551 g/mol. The van der Waals surface area contributed by atoms with E-state index in [1.807, 2.05) is 43.5 Å². The minimum atomic E-state index is -0.874. The van der Waals surface area contributed by atoms with Crippen molar-refractivity contribution in [1.29, 1.82) is 0 Å². The van der Waals surface area contributed by atoms with Gasteiger partial charge in [0.2, 0.25) is 11.8 Å². The number of amides is 4. The van der Waals surface area contributed by atoms with Crippen molar-refractivity contribution >= 4 is 35.0 Å². The number of fused-ring (bicyclic) bond motifs is 1. The van der Waals surface area contributed by atoms with Crippen molar-refractivity contribution < 1.29 is 19.2 Å². The molecular formula is C30H38N4O4S. The molecule has 3 heterocycles. The van der Waals surface area contributed by atoms with Gasteiger partial charge in [-0.15, -0.1) is 11.3 Å². The number of carbonyl (C=O) groups excluding carboxylic acids is 4.